The molecule has 270 valence electrons. The van der Waals surface area contributed by atoms with Crippen LogP contribution in [0.5, 0.6) is 0 Å². The van der Waals surface area contributed by atoms with Gasteiger partial charge in [0.15, 0.2) is 6.10 Å². The van der Waals surface area contributed by atoms with Gasteiger partial charge in [-0.1, -0.05) is 68.4 Å². The number of carbonyl (C=O) groups is 2. The number of benzene rings is 3. The molecule has 1 amide bonds. The first-order valence-electron chi connectivity index (χ1n) is 17.9. The molecule has 0 bridgehead atoms. The van der Waals surface area contributed by atoms with Crippen LogP contribution < -0.4 is 4.90 Å². The van der Waals surface area contributed by atoms with Crippen molar-refractivity contribution in [2.24, 2.45) is 5.41 Å². The molecule has 1 aliphatic heterocycles. The number of esters is 1. The fraction of sp³-hybridized carbons (Fsp3) is 0.419. The van der Waals surface area contributed by atoms with E-state index in [1.54, 1.807) is 24.0 Å². The molecule has 5 rings (SSSR count). The minimum absolute atomic E-state index is 0.105. The van der Waals surface area contributed by atoms with Gasteiger partial charge in [0.05, 0.1) is 17.9 Å². The van der Waals surface area contributed by atoms with E-state index in [4.69, 9.17) is 14.5 Å². The number of pyridine rings is 1. The molecular weight excluding hydrogens is 641 g/mol. The van der Waals surface area contributed by atoms with E-state index in [2.05, 4.69) is 30.9 Å². The van der Waals surface area contributed by atoms with Crippen molar-refractivity contribution in [3.8, 4) is 11.1 Å². The Hall–Kier alpha value is -4.56. The Balaban J connectivity index is 1.57. The molecule has 0 aliphatic carbocycles. The molecule has 1 fully saturated rings. The molecule has 7 nitrogen and oxygen atoms in total. The van der Waals surface area contributed by atoms with E-state index in [1.165, 1.54) is 12.1 Å². The number of halogens is 1. The van der Waals surface area contributed by atoms with Crippen molar-refractivity contribution in [1.29, 1.82) is 0 Å². The molecule has 1 aromatic heterocycles. The van der Waals surface area contributed by atoms with Crippen molar-refractivity contribution in [3.63, 3.8) is 0 Å². The molecule has 4 aromatic rings. The van der Waals surface area contributed by atoms with Gasteiger partial charge in [0.1, 0.15) is 5.82 Å². The lowest BCUT2D eigenvalue weighted by molar-refractivity contribution is -0.166. The van der Waals surface area contributed by atoms with Gasteiger partial charge in [0.2, 0.25) is 0 Å². The Labute approximate surface area is 302 Å². The number of piperidine rings is 1. The fourth-order valence-corrected chi connectivity index (χ4v) is 6.74. The highest BCUT2D eigenvalue weighted by Gasteiger charge is 2.37. The highest BCUT2D eigenvalue weighted by atomic mass is 19.1. The zero-order valence-electron chi connectivity index (χ0n) is 31.4. The van der Waals surface area contributed by atoms with Crippen molar-refractivity contribution >= 4 is 17.6 Å². The summed E-state index contributed by atoms with van der Waals surface area (Å²) in [6, 6.07) is 23.7. The lowest BCUT2D eigenvalue weighted by atomic mass is 9.81. The Kier molecular flexibility index (Phi) is 11.7. The topological polar surface area (TPSA) is 72.0 Å². The van der Waals surface area contributed by atoms with Crippen molar-refractivity contribution in [3.05, 3.63) is 118 Å². The SMILES string of the molecule is CCOC(=O)[C@@H](OC(C)(C)C)c1c(C)nc(C)c(-c2ccc(CN(Cc3ccc(F)cc3)C(=O)c3ccccc3)cc2)c1N1CCC(C)(C)CC1. The summed E-state index contributed by atoms with van der Waals surface area (Å²) < 4.78 is 25.8. The Morgan fingerprint density at radius 1 is 0.882 bits per heavy atom. The summed E-state index contributed by atoms with van der Waals surface area (Å²) in [5.41, 5.74) is 7.20. The molecule has 8 heteroatoms. The molecular formula is C43H52FN3O4. The summed E-state index contributed by atoms with van der Waals surface area (Å²) in [5.74, 6) is -0.845. The van der Waals surface area contributed by atoms with Crippen molar-refractivity contribution in [2.75, 3.05) is 24.6 Å². The second-order valence-corrected chi connectivity index (χ2v) is 15.3. The first kappa shape index (κ1) is 37.7. The Bertz CT molecular complexity index is 1810. The number of amides is 1. The largest absolute Gasteiger partial charge is 0.464 e. The maximum Gasteiger partial charge on any atom is 0.340 e. The molecule has 1 aliphatic rings. The number of anilines is 1. The molecule has 2 heterocycles. The molecule has 51 heavy (non-hydrogen) atoms. The average molecular weight is 694 g/mol. The predicted molar refractivity (Wildman–Crippen MR) is 201 cm³/mol. The minimum atomic E-state index is -0.954. The van der Waals surface area contributed by atoms with Gasteiger partial charge in [-0.05, 0) is 101 Å². The number of rotatable bonds is 11. The molecule has 0 unspecified atom stereocenters. The van der Waals surface area contributed by atoms with Crippen LogP contribution in [0, 0.1) is 25.1 Å². The molecule has 0 radical (unpaired) electrons. The third-order valence-corrected chi connectivity index (χ3v) is 9.46. The van der Waals surface area contributed by atoms with E-state index in [1.807, 2.05) is 77.1 Å². The lowest BCUT2D eigenvalue weighted by Gasteiger charge is -2.41. The highest BCUT2D eigenvalue weighted by Crippen LogP contribution is 2.45. The maximum absolute atomic E-state index is 13.7. The number of hydrogen-bond acceptors (Lipinski definition) is 6. The molecule has 0 spiro atoms. The maximum atomic E-state index is 13.7. The first-order chi connectivity index (χ1) is 24.2. The van der Waals surface area contributed by atoms with Crippen molar-refractivity contribution < 1.29 is 23.5 Å². The first-order valence-corrected chi connectivity index (χ1v) is 17.9. The number of carbonyl (C=O) groups excluding carboxylic acids is 2. The van der Waals surface area contributed by atoms with E-state index >= 15 is 0 Å². The molecule has 1 saturated heterocycles. The van der Waals surface area contributed by atoms with Gasteiger partial charge in [-0.3, -0.25) is 9.78 Å². The summed E-state index contributed by atoms with van der Waals surface area (Å²) in [5, 5.41) is 0. The Morgan fingerprint density at radius 2 is 1.45 bits per heavy atom. The lowest BCUT2D eigenvalue weighted by Crippen LogP contribution is -2.39. The zero-order valence-corrected chi connectivity index (χ0v) is 31.4. The fourth-order valence-electron chi connectivity index (χ4n) is 6.74. The van der Waals surface area contributed by atoms with E-state index in [0.29, 0.717) is 18.7 Å². The number of hydrogen-bond donors (Lipinski definition) is 0. The van der Waals surface area contributed by atoms with Crippen molar-refractivity contribution in [1.82, 2.24) is 9.88 Å². The van der Waals surface area contributed by atoms with Crippen LogP contribution in [0.15, 0.2) is 78.9 Å². The van der Waals surface area contributed by atoms with E-state index in [0.717, 1.165) is 70.8 Å². The van der Waals surface area contributed by atoms with Gasteiger partial charge in [-0.25, -0.2) is 9.18 Å². The van der Waals surface area contributed by atoms with Crippen LogP contribution in [0.3, 0.4) is 0 Å². The number of aryl methyl sites for hydroxylation is 2. The Morgan fingerprint density at radius 3 is 2.00 bits per heavy atom. The van der Waals surface area contributed by atoms with Gasteiger partial charge in [0, 0.05) is 54.3 Å². The monoisotopic (exact) mass is 693 g/mol. The number of nitrogens with zero attached hydrogens (tertiary/aromatic N) is 3. The molecule has 0 N–H and O–H groups in total. The van der Waals surface area contributed by atoms with Gasteiger partial charge < -0.3 is 19.3 Å². The smallest absolute Gasteiger partial charge is 0.340 e. The van der Waals surface area contributed by atoms with Gasteiger partial charge >= 0.3 is 5.97 Å². The van der Waals surface area contributed by atoms with Crippen LogP contribution in [0.2, 0.25) is 0 Å². The summed E-state index contributed by atoms with van der Waals surface area (Å²) in [6.07, 6.45) is 1.06. The van der Waals surface area contributed by atoms with E-state index < -0.39 is 17.7 Å². The third-order valence-electron chi connectivity index (χ3n) is 9.46. The number of ether oxygens (including phenoxy) is 2. The highest BCUT2D eigenvalue weighted by molar-refractivity contribution is 5.94. The quantitative estimate of drug-likeness (QED) is 0.146. The molecule has 3 aromatic carbocycles. The molecule has 0 saturated carbocycles. The van der Waals surface area contributed by atoms with Crippen molar-refractivity contribution in [2.45, 2.75) is 93.0 Å². The number of aromatic nitrogens is 1. The normalized spacial score (nSPS) is 15.0. The van der Waals surface area contributed by atoms with Gasteiger partial charge in [-0.2, -0.15) is 0 Å². The van der Waals surface area contributed by atoms with Crippen LogP contribution in [0.4, 0.5) is 10.1 Å². The summed E-state index contributed by atoms with van der Waals surface area (Å²) >= 11 is 0. The molecule has 1 atom stereocenters. The van der Waals surface area contributed by atoms with E-state index in [9.17, 15) is 14.0 Å². The van der Waals surface area contributed by atoms with Crippen LogP contribution >= 0.6 is 0 Å². The average Bonchev–Trinajstić information content (AvgIpc) is 3.08. The standard InChI is InChI=1S/C43H52FN3O4/c1-9-50-41(49)39(51-42(4,5)6)37-30(3)45-29(2)36(38(37)46-25-23-43(7,8)24-26-46)33-19-15-31(16-20-33)27-47(28-32-17-21-35(44)22-18-32)40(48)34-13-11-10-12-14-34/h10-22,39H,9,23-28H2,1-8H3/t39-/m0/s1. The van der Waals surface area contributed by atoms with Gasteiger partial charge in [0.25, 0.3) is 5.91 Å². The van der Waals surface area contributed by atoms with Crippen LogP contribution in [-0.2, 0) is 27.4 Å². The third kappa shape index (κ3) is 9.41. The van der Waals surface area contributed by atoms with Crippen LogP contribution in [0.25, 0.3) is 11.1 Å². The predicted octanol–water partition coefficient (Wildman–Crippen LogP) is 9.39. The van der Waals surface area contributed by atoms with E-state index in [-0.39, 0.29) is 23.7 Å². The summed E-state index contributed by atoms with van der Waals surface area (Å²) in [7, 11) is 0. The second-order valence-electron chi connectivity index (χ2n) is 15.3. The second kappa shape index (κ2) is 15.8. The minimum Gasteiger partial charge on any atom is -0.464 e. The zero-order chi connectivity index (χ0) is 36.9. The summed E-state index contributed by atoms with van der Waals surface area (Å²) in [4.78, 5) is 36.6. The van der Waals surface area contributed by atoms with Crippen LogP contribution in [-0.4, -0.2) is 47.1 Å². The van der Waals surface area contributed by atoms with Gasteiger partial charge in [-0.15, -0.1) is 0 Å². The summed E-state index contributed by atoms with van der Waals surface area (Å²) in [6.45, 7) is 18.8. The van der Waals surface area contributed by atoms with Crippen LogP contribution in [0.1, 0.15) is 98.9 Å².